The van der Waals surface area contributed by atoms with E-state index in [4.69, 9.17) is 21.1 Å². The molecule has 0 saturated heterocycles. The van der Waals surface area contributed by atoms with Crippen LogP contribution in [0.5, 0.6) is 5.75 Å². The Labute approximate surface area is 163 Å². The standard InChI is InChI=1S/C15H11Br3ClNO3/c16-9-7-12(17)14(13(18)8-9)22-5-6-23-15(21)20-11-3-1-10(19)2-4-11/h1-4,7-8H,5-6H2,(H,20,21). The van der Waals surface area contributed by atoms with Crippen LogP contribution >= 0.6 is 59.4 Å². The average molecular weight is 528 g/mol. The van der Waals surface area contributed by atoms with Crippen molar-refractivity contribution in [2.45, 2.75) is 0 Å². The third kappa shape index (κ3) is 5.99. The average Bonchev–Trinajstić information content (AvgIpc) is 2.48. The first-order chi connectivity index (χ1) is 11.0. The minimum absolute atomic E-state index is 0.119. The molecule has 1 amide bonds. The van der Waals surface area contributed by atoms with Crippen LogP contribution in [0, 0.1) is 0 Å². The van der Waals surface area contributed by atoms with Gasteiger partial charge in [0.15, 0.2) is 0 Å². The van der Waals surface area contributed by atoms with Crippen LogP contribution in [0.25, 0.3) is 0 Å². The molecule has 2 aromatic carbocycles. The summed E-state index contributed by atoms with van der Waals surface area (Å²) in [6.45, 7) is 0.348. The first-order valence-corrected chi connectivity index (χ1v) is 9.18. The number of rotatable bonds is 5. The molecule has 4 nitrogen and oxygen atoms in total. The van der Waals surface area contributed by atoms with Gasteiger partial charge in [0.1, 0.15) is 19.0 Å². The normalized spacial score (nSPS) is 10.3. The molecule has 0 radical (unpaired) electrons. The van der Waals surface area contributed by atoms with Crippen molar-refractivity contribution in [1.29, 1.82) is 0 Å². The Bertz CT molecular complexity index is 672. The summed E-state index contributed by atoms with van der Waals surface area (Å²) in [5.74, 6) is 0.648. The molecule has 0 aliphatic carbocycles. The summed E-state index contributed by atoms with van der Waals surface area (Å²) < 4.78 is 13.2. The molecule has 0 saturated carbocycles. The molecule has 0 atom stereocenters. The summed E-state index contributed by atoms with van der Waals surface area (Å²) >= 11 is 16.0. The van der Waals surface area contributed by atoms with Crippen molar-refractivity contribution in [3.8, 4) is 5.75 Å². The lowest BCUT2D eigenvalue weighted by atomic mass is 10.3. The Hall–Kier alpha value is -0.760. The number of nitrogens with one attached hydrogen (secondary N) is 1. The Morgan fingerprint density at radius 2 is 1.65 bits per heavy atom. The Morgan fingerprint density at radius 3 is 2.26 bits per heavy atom. The molecule has 23 heavy (non-hydrogen) atoms. The van der Waals surface area contributed by atoms with Gasteiger partial charge in [-0.05, 0) is 68.3 Å². The van der Waals surface area contributed by atoms with E-state index in [1.54, 1.807) is 24.3 Å². The highest BCUT2D eigenvalue weighted by molar-refractivity contribution is 9.11. The number of ether oxygens (including phenoxy) is 2. The first kappa shape index (κ1) is 18.6. The van der Waals surface area contributed by atoms with Crippen molar-refractivity contribution in [3.63, 3.8) is 0 Å². The molecule has 0 aliphatic rings. The molecule has 8 heteroatoms. The Morgan fingerprint density at radius 1 is 1.04 bits per heavy atom. The molecule has 0 heterocycles. The number of benzene rings is 2. The second-order valence-corrected chi connectivity index (χ2v) is 7.38. The zero-order valence-electron chi connectivity index (χ0n) is 11.6. The van der Waals surface area contributed by atoms with Gasteiger partial charge in [-0.3, -0.25) is 5.32 Å². The SMILES string of the molecule is O=C(Nc1ccc(Cl)cc1)OCCOc1c(Br)cc(Br)cc1Br. The van der Waals surface area contributed by atoms with E-state index in [1.807, 2.05) is 12.1 Å². The summed E-state index contributed by atoms with van der Waals surface area (Å²) in [6, 6.07) is 10.5. The Balaban J connectivity index is 1.77. The number of anilines is 1. The van der Waals surface area contributed by atoms with E-state index in [1.165, 1.54) is 0 Å². The van der Waals surface area contributed by atoms with Gasteiger partial charge in [-0.1, -0.05) is 27.5 Å². The molecule has 122 valence electrons. The van der Waals surface area contributed by atoms with Crippen LogP contribution in [0.3, 0.4) is 0 Å². The van der Waals surface area contributed by atoms with Crippen molar-refractivity contribution < 1.29 is 14.3 Å². The van der Waals surface area contributed by atoms with Gasteiger partial charge in [0, 0.05) is 15.2 Å². The second-order valence-electron chi connectivity index (χ2n) is 4.31. The van der Waals surface area contributed by atoms with E-state index in [9.17, 15) is 4.79 Å². The highest BCUT2D eigenvalue weighted by Gasteiger charge is 2.09. The number of hydrogen-bond donors (Lipinski definition) is 1. The van der Waals surface area contributed by atoms with Crippen molar-refractivity contribution in [3.05, 3.63) is 54.8 Å². The summed E-state index contributed by atoms with van der Waals surface area (Å²) in [5.41, 5.74) is 0.610. The lowest BCUT2D eigenvalue weighted by Crippen LogP contribution is -2.17. The predicted octanol–water partition coefficient (Wildman–Crippen LogP) is 6.26. The number of carbonyl (C=O) groups excluding carboxylic acids is 1. The van der Waals surface area contributed by atoms with E-state index >= 15 is 0 Å². The van der Waals surface area contributed by atoms with Crippen LogP contribution < -0.4 is 10.1 Å². The van der Waals surface area contributed by atoms with Crippen LogP contribution in [-0.2, 0) is 4.74 Å². The monoisotopic (exact) mass is 525 g/mol. The van der Waals surface area contributed by atoms with Crippen LogP contribution in [0.2, 0.25) is 5.02 Å². The fourth-order valence-electron chi connectivity index (χ4n) is 1.63. The van der Waals surface area contributed by atoms with Crippen molar-refractivity contribution >= 4 is 71.2 Å². The van der Waals surface area contributed by atoms with E-state index in [0.717, 1.165) is 13.4 Å². The number of amides is 1. The van der Waals surface area contributed by atoms with Gasteiger partial charge in [-0.2, -0.15) is 0 Å². The molecule has 0 aromatic heterocycles. The van der Waals surface area contributed by atoms with Gasteiger partial charge in [0.25, 0.3) is 0 Å². The molecule has 0 fully saturated rings. The quantitative estimate of drug-likeness (QED) is 0.467. The van der Waals surface area contributed by atoms with E-state index in [0.29, 0.717) is 16.5 Å². The molecule has 2 aromatic rings. The molecular formula is C15H11Br3ClNO3. The van der Waals surface area contributed by atoms with Crippen LogP contribution in [0.1, 0.15) is 0 Å². The number of carbonyl (C=O) groups is 1. The van der Waals surface area contributed by atoms with Crippen molar-refractivity contribution in [1.82, 2.24) is 0 Å². The van der Waals surface area contributed by atoms with Gasteiger partial charge in [0.05, 0.1) is 8.95 Å². The van der Waals surface area contributed by atoms with E-state index < -0.39 is 6.09 Å². The topological polar surface area (TPSA) is 47.6 Å². The first-order valence-electron chi connectivity index (χ1n) is 6.42. The summed E-state index contributed by atoms with van der Waals surface area (Å²) in [5, 5.41) is 3.20. The molecule has 0 unspecified atom stereocenters. The van der Waals surface area contributed by atoms with Crippen LogP contribution in [0.15, 0.2) is 49.8 Å². The minimum Gasteiger partial charge on any atom is -0.488 e. The molecular weight excluding hydrogens is 517 g/mol. The fourth-order valence-corrected chi connectivity index (χ4v) is 4.25. The second kappa shape index (κ2) is 8.92. The minimum atomic E-state index is -0.551. The largest absolute Gasteiger partial charge is 0.488 e. The molecule has 2 rings (SSSR count). The van der Waals surface area contributed by atoms with Crippen molar-refractivity contribution in [2.75, 3.05) is 18.5 Å². The van der Waals surface area contributed by atoms with E-state index in [2.05, 4.69) is 53.1 Å². The lowest BCUT2D eigenvalue weighted by Gasteiger charge is -2.11. The number of halogens is 4. The molecule has 1 N–H and O–H groups in total. The molecule has 0 spiro atoms. The molecule has 0 bridgehead atoms. The zero-order chi connectivity index (χ0) is 16.8. The highest BCUT2D eigenvalue weighted by atomic mass is 79.9. The van der Waals surface area contributed by atoms with Gasteiger partial charge < -0.3 is 9.47 Å². The third-order valence-corrected chi connectivity index (χ3v) is 4.50. The zero-order valence-corrected chi connectivity index (χ0v) is 17.1. The van der Waals surface area contributed by atoms with E-state index in [-0.39, 0.29) is 13.2 Å². The van der Waals surface area contributed by atoms with Crippen LogP contribution in [-0.4, -0.2) is 19.3 Å². The fraction of sp³-hybridized carbons (Fsp3) is 0.133. The lowest BCUT2D eigenvalue weighted by molar-refractivity contribution is 0.137. The van der Waals surface area contributed by atoms with Gasteiger partial charge in [0.2, 0.25) is 0 Å². The van der Waals surface area contributed by atoms with Crippen LogP contribution in [0.4, 0.5) is 10.5 Å². The summed E-state index contributed by atoms with van der Waals surface area (Å²) in [4.78, 5) is 11.6. The summed E-state index contributed by atoms with van der Waals surface area (Å²) in [7, 11) is 0. The maximum absolute atomic E-state index is 11.6. The van der Waals surface area contributed by atoms with Gasteiger partial charge in [-0.25, -0.2) is 4.79 Å². The summed E-state index contributed by atoms with van der Waals surface area (Å²) in [6.07, 6.45) is -0.551. The maximum Gasteiger partial charge on any atom is 0.411 e. The highest BCUT2D eigenvalue weighted by Crippen LogP contribution is 2.36. The number of hydrogen-bond acceptors (Lipinski definition) is 3. The molecule has 0 aliphatic heterocycles. The van der Waals surface area contributed by atoms with Gasteiger partial charge >= 0.3 is 6.09 Å². The maximum atomic E-state index is 11.6. The third-order valence-electron chi connectivity index (χ3n) is 2.62. The Kier molecular flexibility index (Phi) is 7.20. The van der Waals surface area contributed by atoms with Crippen molar-refractivity contribution in [2.24, 2.45) is 0 Å². The smallest absolute Gasteiger partial charge is 0.411 e. The predicted molar refractivity (Wildman–Crippen MR) is 101 cm³/mol. The van der Waals surface area contributed by atoms with Gasteiger partial charge in [-0.15, -0.1) is 0 Å².